The highest BCUT2D eigenvalue weighted by atomic mass is 79.9. The van der Waals surface area contributed by atoms with Gasteiger partial charge >= 0.3 is 0 Å². The minimum Gasteiger partial charge on any atom is -0.358 e. The second-order valence-corrected chi connectivity index (χ2v) is 7.36. The lowest BCUT2D eigenvalue weighted by Crippen LogP contribution is -2.01. The first-order valence-corrected chi connectivity index (χ1v) is 9.26. The molecule has 1 aromatic heterocycles. The molecule has 1 heterocycles. The standard InChI is InChI=1S/C21H24BrN/c1-4-5-6-18-19-13-17(22)11-12-20(19)23-21(18)15(3)16-9-7-14(2)8-10-16/h7-13,15,23H,4-6H2,1-3H3. The smallest absolute Gasteiger partial charge is 0.0459 e. The number of aromatic amines is 1. The molecule has 1 unspecified atom stereocenters. The average Bonchev–Trinajstić information content (AvgIpc) is 2.90. The van der Waals surface area contributed by atoms with Crippen LogP contribution in [0.5, 0.6) is 0 Å². The number of aromatic nitrogens is 1. The molecule has 23 heavy (non-hydrogen) atoms. The number of halogens is 1. The predicted molar refractivity (Wildman–Crippen MR) is 103 cm³/mol. The van der Waals surface area contributed by atoms with E-state index >= 15 is 0 Å². The number of hydrogen-bond acceptors (Lipinski definition) is 0. The average molecular weight is 370 g/mol. The molecular weight excluding hydrogens is 346 g/mol. The van der Waals surface area contributed by atoms with Gasteiger partial charge in [0.05, 0.1) is 0 Å². The van der Waals surface area contributed by atoms with E-state index in [9.17, 15) is 0 Å². The summed E-state index contributed by atoms with van der Waals surface area (Å²) in [6.07, 6.45) is 3.59. The summed E-state index contributed by atoms with van der Waals surface area (Å²) in [5.74, 6) is 0.383. The third kappa shape index (κ3) is 3.37. The Bertz CT molecular complexity index is 799. The van der Waals surface area contributed by atoms with E-state index in [1.165, 1.54) is 46.1 Å². The largest absolute Gasteiger partial charge is 0.358 e. The molecule has 3 aromatic rings. The van der Waals surface area contributed by atoms with Crippen molar-refractivity contribution in [3.8, 4) is 0 Å². The number of nitrogens with one attached hydrogen (secondary N) is 1. The lowest BCUT2D eigenvalue weighted by molar-refractivity contribution is 0.775. The summed E-state index contributed by atoms with van der Waals surface area (Å²) in [6, 6.07) is 15.5. The van der Waals surface area contributed by atoms with Gasteiger partial charge in [0.15, 0.2) is 0 Å². The zero-order chi connectivity index (χ0) is 16.4. The van der Waals surface area contributed by atoms with Crippen molar-refractivity contribution >= 4 is 26.8 Å². The molecule has 0 saturated carbocycles. The van der Waals surface area contributed by atoms with Gasteiger partial charge in [-0.1, -0.05) is 66.0 Å². The van der Waals surface area contributed by atoms with Gasteiger partial charge in [-0.25, -0.2) is 0 Å². The van der Waals surface area contributed by atoms with Gasteiger partial charge in [0.2, 0.25) is 0 Å². The number of H-pyrrole nitrogens is 1. The number of hydrogen-bond donors (Lipinski definition) is 1. The van der Waals surface area contributed by atoms with Crippen LogP contribution in [0.15, 0.2) is 46.9 Å². The molecule has 0 spiro atoms. The highest BCUT2D eigenvalue weighted by Crippen LogP contribution is 2.34. The number of aryl methyl sites for hydroxylation is 2. The number of fused-ring (bicyclic) bond motifs is 1. The Morgan fingerprint density at radius 1 is 1.09 bits per heavy atom. The van der Waals surface area contributed by atoms with Crippen molar-refractivity contribution in [3.63, 3.8) is 0 Å². The molecule has 2 heteroatoms. The Labute approximate surface area is 147 Å². The molecule has 0 aliphatic heterocycles. The number of unbranched alkanes of at least 4 members (excludes halogenated alkanes) is 1. The van der Waals surface area contributed by atoms with Gasteiger partial charge in [-0.2, -0.15) is 0 Å². The molecule has 120 valence electrons. The van der Waals surface area contributed by atoms with Gasteiger partial charge < -0.3 is 4.98 Å². The van der Waals surface area contributed by atoms with Crippen LogP contribution in [-0.2, 0) is 6.42 Å². The first kappa shape index (κ1) is 16.3. The summed E-state index contributed by atoms with van der Waals surface area (Å²) < 4.78 is 1.15. The third-order valence-electron chi connectivity index (χ3n) is 4.69. The zero-order valence-corrected chi connectivity index (χ0v) is 15.7. The normalized spacial score (nSPS) is 12.7. The third-order valence-corrected chi connectivity index (χ3v) is 5.19. The van der Waals surface area contributed by atoms with E-state index in [2.05, 4.69) is 84.1 Å². The van der Waals surface area contributed by atoms with Crippen molar-refractivity contribution in [2.75, 3.05) is 0 Å². The van der Waals surface area contributed by atoms with E-state index in [4.69, 9.17) is 0 Å². The molecule has 3 rings (SSSR count). The summed E-state index contributed by atoms with van der Waals surface area (Å²) in [7, 11) is 0. The van der Waals surface area contributed by atoms with E-state index in [0.29, 0.717) is 5.92 Å². The van der Waals surface area contributed by atoms with Crippen LogP contribution in [0.4, 0.5) is 0 Å². The fraction of sp³-hybridized carbons (Fsp3) is 0.333. The van der Waals surface area contributed by atoms with Crippen molar-refractivity contribution < 1.29 is 0 Å². The van der Waals surface area contributed by atoms with Crippen LogP contribution in [0, 0.1) is 6.92 Å². The first-order chi connectivity index (χ1) is 11.1. The fourth-order valence-electron chi connectivity index (χ4n) is 3.26. The van der Waals surface area contributed by atoms with E-state index in [1.807, 2.05) is 0 Å². The van der Waals surface area contributed by atoms with E-state index < -0.39 is 0 Å². The lowest BCUT2D eigenvalue weighted by Gasteiger charge is -2.14. The fourth-order valence-corrected chi connectivity index (χ4v) is 3.62. The zero-order valence-electron chi connectivity index (χ0n) is 14.1. The SMILES string of the molecule is CCCCc1c(C(C)c2ccc(C)cc2)[nH]c2ccc(Br)cc12. The topological polar surface area (TPSA) is 15.8 Å². The second-order valence-electron chi connectivity index (χ2n) is 6.44. The first-order valence-electron chi connectivity index (χ1n) is 8.46. The van der Waals surface area contributed by atoms with Crippen molar-refractivity contribution in [1.82, 2.24) is 4.98 Å². The highest BCUT2D eigenvalue weighted by molar-refractivity contribution is 9.10. The van der Waals surface area contributed by atoms with E-state index in [1.54, 1.807) is 0 Å². The molecule has 2 aromatic carbocycles. The quantitative estimate of drug-likeness (QED) is 0.512. The summed E-state index contributed by atoms with van der Waals surface area (Å²) >= 11 is 3.62. The van der Waals surface area contributed by atoms with Crippen molar-refractivity contribution in [2.24, 2.45) is 0 Å². The van der Waals surface area contributed by atoms with Crippen molar-refractivity contribution in [3.05, 3.63) is 69.3 Å². The van der Waals surface area contributed by atoms with Crippen molar-refractivity contribution in [1.29, 1.82) is 0 Å². The number of rotatable bonds is 5. The Balaban J connectivity index is 2.09. The molecule has 0 fully saturated rings. The maximum atomic E-state index is 3.69. The van der Waals surface area contributed by atoms with Crippen LogP contribution >= 0.6 is 15.9 Å². The van der Waals surface area contributed by atoms with Gasteiger partial charge in [-0.3, -0.25) is 0 Å². The Morgan fingerprint density at radius 3 is 2.52 bits per heavy atom. The van der Waals surface area contributed by atoms with E-state index in [-0.39, 0.29) is 0 Å². The molecule has 1 nitrogen and oxygen atoms in total. The molecule has 1 N–H and O–H groups in total. The van der Waals surface area contributed by atoms with Crippen molar-refractivity contribution in [2.45, 2.75) is 46.0 Å². The van der Waals surface area contributed by atoms with Gasteiger partial charge in [-0.05, 0) is 49.1 Å². The summed E-state index contributed by atoms with van der Waals surface area (Å²) in [6.45, 7) is 6.70. The summed E-state index contributed by atoms with van der Waals surface area (Å²) in [4.78, 5) is 3.69. The van der Waals surface area contributed by atoms with Crippen LogP contribution in [-0.4, -0.2) is 4.98 Å². The van der Waals surface area contributed by atoms with Crippen LogP contribution in [0.25, 0.3) is 10.9 Å². The second kappa shape index (κ2) is 6.92. The minimum absolute atomic E-state index is 0.383. The Kier molecular flexibility index (Phi) is 4.91. The van der Waals surface area contributed by atoms with Crippen LogP contribution in [0.2, 0.25) is 0 Å². The molecule has 1 atom stereocenters. The van der Waals surface area contributed by atoms with Gasteiger partial charge in [0.1, 0.15) is 0 Å². The minimum atomic E-state index is 0.383. The van der Waals surface area contributed by atoms with Crippen LogP contribution < -0.4 is 0 Å². The van der Waals surface area contributed by atoms with E-state index in [0.717, 1.165) is 10.9 Å². The Morgan fingerprint density at radius 2 is 1.83 bits per heavy atom. The molecule has 0 radical (unpaired) electrons. The molecule has 0 bridgehead atoms. The van der Waals surface area contributed by atoms with Gasteiger partial charge in [0, 0.05) is 27.0 Å². The Hall–Kier alpha value is -1.54. The summed E-state index contributed by atoms with van der Waals surface area (Å²) in [5, 5.41) is 1.36. The maximum absolute atomic E-state index is 3.69. The maximum Gasteiger partial charge on any atom is 0.0459 e. The number of benzene rings is 2. The predicted octanol–water partition coefficient (Wildman–Crippen LogP) is 6.73. The molecule has 0 saturated heterocycles. The molecular formula is C21H24BrN. The molecule has 0 aliphatic rings. The molecule has 0 amide bonds. The summed E-state index contributed by atoms with van der Waals surface area (Å²) in [5.41, 5.74) is 6.78. The monoisotopic (exact) mass is 369 g/mol. The lowest BCUT2D eigenvalue weighted by atomic mass is 9.92. The van der Waals surface area contributed by atoms with Gasteiger partial charge in [-0.15, -0.1) is 0 Å². The highest BCUT2D eigenvalue weighted by Gasteiger charge is 2.18. The molecule has 0 aliphatic carbocycles. The van der Waals surface area contributed by atoms with Crippen LogP contribution in [0.3, 0.4) is 0 Å². The van der Waals surface area contributed by atoms with Crippen LogP contribution in [0.1, 0.15) is 55.0 Å². The van der Waals surface area contributed by atoms with Gasteiger partial charge in [0.25, 0.3) is 0 Å².